The second-order valence-electron chi connectivity index (χ2n) is 5.92. The number of carbonyl (C=O) groups is 1. The fraction of sp³-hybridized carbons (Fsp3) is 0.333. The number of nitrogens with zero attached hydrogens (tertiary/aromatic N) is 4. The Bertz CT molecular complexity index is 1020. The number of aliphatic hydroxyl groups excluding tert-OH is 1. The molecule has 0 spiro atoms. The van der Waals surface area contributed by atoms with Crippen LogP contribution in [0.3, 0.4) is 0 Å². The molecule has 0 atom stereocenters. The van der Waals surface area contributed by atoms with Gasteiger partial charge in [-0.05, 0) is 25.0 Å². The van der Waals surface area contributed by atoms with Gasteiger partial charge in [-0.3, -0.25) is 24.8 Å². The number of hydrogen-bond acceptors (Lipinski definition) is 8. The zero-order valence-corrected chi connectivity index (χ0v) is 13.7. The number of aliphatic hydroxyl groups is 1. The van der Waals surface area contributed by atoms with Gasteiger partial charge in [0, 0.05) is 6.04 Å². The van der Waals surface area contributed by atoms with Crippen LogP contribution in [-0.2, 0) is 6.54 Å². The van der Waals surface area contributed by atoms with Crippen molar-refractivity contribution in [2.24, 2.45) is 0 Å². The number of nitrogens with one attached hydrogen (secondary N) is 2. The molecule has 1 amide bonds. The molecular weight excluding hydrogens is 342 g/mol. The number of aromatic nitrogens is 4. The molecule has 3 aromatic heterocycles. The Morgan fingerprint density at radius 1 is 1.42 bits per heavy atom. The number of imidazole rings is 1. The molecule has 11 nitrogen and oxygen atoms in total. The van der Waals surface area contributed by atoms with E-state index in [1.807, 2.05) is 0 Å². The molecule has 4 rings (SSSR count). The largest absolute Gasteiger partial charge is 0.459 e. The predicted octanol–water partition coefficient (Wildman–Crippen LogP) is -0.148. The van der Waals surface area contributed by atoms with Crippen LogP contribution in [0.15, 0.2) is 27.6 Å². The van der Waals surface area contributed by atoms with Crippen LogP contribution in [0.5, 0.6) is 0 Å². The van der Waals surface area contributed by atoms with Gasteiger partial charge >= 0.3 is 11.6 Å². The third-order valence-corrected chi connectivity index (χ3v) is 4.09. The molecule has 1 fully saturated rings. The fourth-order valence-electron chi connectivity index (χ4n) is 2.83. The standard InChI is InChI=1S/C15H17N7O4/c16-14-17-11(19-20-13(24)9-2-1-7-26-9)10-12(18-14)21(5-6-23)15(25)22(10)8-3-4-8/h1-2,7-8,23H,3-6H2,(H,20,24)(H3,16,17,18,19). The molecule has 0 unspecified atom stereocenters. The lowest BCUT2D eigenvalue weighted by molar-refractivity contribution is 0.0935. The highest BCUT2D eigenvalue weighted by atomic mass is 16.3. The van der Waals surface area contributed by atoms with Gasteiger partial charge in [0.05, 0.1) is 19.4 Å². The van der Waals surface area contributed by atoms with E-state index in [0.717, 1.165) is 12.8 Å². The Balaban J connectivity index is 1.77. The second kappa shape index (κ2) is 6.19. The van der Waals surface area contributed by atoms with Crippen molar-refractivity contribution < 1.29 is 14.3 Å². The van der Waals surface area contributed by atoms with E-state index in [1.54, 1.807) is 10.6 Å². The first kappa shape index (κ1) is 16.1. The van der Waals surface area contributed by atoms with E-state index in [1.165, 1.54) is 16.9 Å². The van der Waals surface area contributed by atoms with Gasteiger partial charge in [0.15, 0.2) is 17.2 Å². The van der Waals surface area contributed by atoms with Crippen molar-refractivity contribution >= 4 is 28.8 Å². The number of carbonyl (C=O) groups excluding carboxylic acids is 1. The first-order valence-electron chi connectivity index (χ1n) is 8.09. The maximum absolute atomic E-state index is 12.7. The molecule has 5 N–H and O–H groups in total. The Morgan fingerprint density at radius 3 is 2.88 bits per heavy atom. The maximum atomic E-state index is 12.7. The molecule has 0 radical (unpaired) electrons. The highest BCUT2D eigenvalue weighted by molar-refractivity contribution is 5.93. The highest BCUT2D eigenvalue weighted by Gasteiger charge is 2.31. The second-order valence-corrected chi connectivity index (χ2v) is 5.92. The Labute approximate surface area is 146 Å². The first-order chi connectivity index (χ1) is 12.6. The smallest absolute Gasteiger partial charge is 0.330 e. The van der Waals surface area contributed by atoms with Crippen LogP contribution < -0.4 is 22.3 Å². The molecule has 0 bridgehead atoms. The molecule has 11 heteroatoms. The number of anilines is 2. The highest BCUT2D eigenvalue weighted by Crippen LogP contribution is 2.37. The van der Waals surface area contributed by atoms with E-state index in [-0.39, 0.29) is 42.4 Å². The van der Waals surface area contributed by atoms with Crippen LogP contribution in [-0.4, -0.2) is 36.7 Å². The SMILES string of the molecule is Nc1nc(NNC(=O)c2ccco2)c2c(n1)n(CCO)c(=O)n2C1CC1. The third kappa shape index (κ3) is 2.67. The summed E-state index contributed by atoms with van der Waals surface area (Å²) in [7, 11) is 0. The third-order valence-electron chi connectivity index (χ3n) is 4.09. The summed E-state index contributed by atoms with van der Waals surface area (Å²) in [6.45, 7) is -0.130. The number of amides is 1. The normalized spacial score (nSPS) is 13.9. The number of hydrazine groups is 1. The van der Waals surface area contributed by atoms with Crippen LogP contribution >= 0.6 is 0 Å². The first-order valence-corrected chi connectivity index (χ1v) is 8.09. The molecule has 3 heterocycles. The molecule has 0 saturated heterocycles. The number of hydrogen-bond donors (Lipinski definition) is 4. The van der Waals surface area contributed by atoms with Crippen LogP contribution in [0.2, 0.25) is 0 Å². The lowest BCUT2D eigenvalue weighted by Gasteiger charge is -2.10. The summed E-state index contributed by atoms with van der Waals surface area (Å²) in [6.07, 6.45) is 3.11. The van der Waals surface area contributed by atoms with Crippen molar-refractivity contribution in [3.8, 4) is 0 Å². The van der Waals surface area contributed by atoms with Gasteiger partial charge in [-0.15, -0.1) is 0 Å². The van der Waals surface area contributed by atoms with Gasteiger partial charge in [0.2, 0.25) is 5.95 Å². The van der Waals surface area contributed by atoms with Crippen molar-refractivity contribution in [2.75, 3.05) is 17.8 Å². The molecule has 0 aromatic carbocycles. The van der Waals surface area contributed by atoms with Crippen molar-refractivity contribution in [3.05, 3.63) is 34.6 Å². The van der Waals surface area contributed by atoms with E-state index in [2.05, 4.69) is 20.8 Å². The minimum Gasteiger partial charge on any atom is -0.459 e. The number of nitrogen functional groups attached to an aromatic ring is 1. The molecule has 1 aliphatic rings. The van der Waals surface area contributed by atoms with Gasteiger partial charge in [-0.2, -0.15) is 9.97 Å². The lowest BCUT2D eigenvalue weighted by atomic mass is 10.4. The zero-order valence-electron chi connectivity index (χ0n) is 13.7. The number of nitrogens with two attached hydrogens (primary N) is 1. The van der Waals surface area contributed by atoms with E-state index in [0.29, 0.717) is 11.2 Å². The number of fused-ring (bicyclic) bond motifs is 1. The summed E-state index contributed by atoms with van der Waals surface area (Å²) >= 11 is 0. The number of furan rings is 1. The van der Waals surface area contributed by atoms with Crippen LogP contribution in [0.25, 0.3) is 11.2 Å². The van der Waals surface area contributed by atoms with Gasteiger partial charge in [0.1, 0.15) is 5.52 Å². The Morgan fingerprint density at radius 2 is 2.23 bits per heavy atom. The number of rotatable bonds is 6. The van der Waals surface area contributed by atoms with Gasteiger partial charge < -0.3 is 15.3 Å². The van der Waals surface area contributed by atoms with E-state index in [9.17, 15) is 14.7 Å². The van der Waals surface area contributed by atoms with Gasteiger partial charge in [-0.25, -0.2) is 4.79 Å². The monoisotopic (exact) mass is 359 g/mol. The molecule has 26 heavy (non-hydrogen) atoms. The average molecular weight is 359 g/mol. The van der Waals surface area contributed by atoms with Crippen LogP contribution in [0, 0.1) is 0 Å². The zero-order chi connectivity index (χ0) is 18.3. The average Bonchev–Trinajstić information content (AvgIpc) is 3.22. The summed E-state index contributed by atoms with van der Waals surface area (Å²) in [4.78, 5) is 33.0. The minimum atomic E-state index is -0.504. The quantitative estimate of drug-likeness (QED) is 0.443. The molecule has 1 aliphatic carbocycles. The maximum Gasteiger partial charge on any atom is 0.330 e. The predicted molar refractivity (Wildman–Crippen MR) is 91.4 cm³/mol. The van der Waals surface area contributed by atoms with Gasteiger partial charge in [-0.1, -0.05) is 0 Å². The molecule has 1 saturated carbocycles. The summed E-state index contributed by atoms with van der Waals surface area (Å²) in [6, 6.07) is 3.15. The summed E-state index contributed by atoms with van der Waals surface area (Å²) in [5.41, 5.74) is 11.4. The molecular formula is C15H17N7O4. The summed E-state index contributed by atoms with van der Waals surface area (Å²) in [5, 5.41) is 9.26. The Kier molecular flexibility index (Phi) is 3.84. The molecule has 136 valence electrons. The minimum absolute atomic E-state index is 0.0403. The van der Waals surface area contributed by atoms with Crippen molar-refractivity contribution in [2.45, 2.75) is 25.4 Å². The van der Waals surface area contributed by atoms with Crippen LogP contribution in [0.1, 0.15) is 29.4 Å². The summed E-state index contributed by atoms with van der Waals surface area (Å²) < 4.78 is 7.95. The van der Waals surface area contributed by atoms with Crippen LogP contribution in [0.4, 0.5) is 11.8 Å². The van der Waals surface area contributed by atoms with E-state index >= 15 is 0 Å². The fourth-order valence-corrected chi connectivity index (χ4v) is 2.83. The lowest BCUT2D eigenvalue weighted by Crippen LogP contribution is -2.30. The molecule has 0 aliphatic heterocycles. The topological polar surface area (TPSA) is 153 Å². The van der Waals surface area contributed by atoms with Crippen molar-refractivity contribution in [3.63, 3.8) is 0 Å². The van der Waals surface area contributed by atoms with Crippen molar-refractivity contribution in [1.29, 1.82) is 0 Å². The van der Waals surface area contributed by atoms with Gasteiger partial charge in [0.25, 0.3) is 0 Å². The van der Waals surface area contributed by atoms with E-state index in [4.69, 9.17) is 10.2 Å². The Hall–Kier alpha value is -3.34. The van der Waals surface area contributed by atoms with E-state index < -0.39 is 5.91 Å². The summed E-state index contributed by atoms with van der Waals surface area (Å²) in [5.74, 6) is -0.247. The molecule has 3 aromatic rings. The van der Waals surface area contributed by atoms with Crippen molar-refractivity contribution in [1.82, 2.24) is 24.5 Å².